The maximum atomic E-state index is 12.5. The Labute approximate surface area is 114 Å². The molecule has 1 atom stereocenters. The predicted molar refractivity (Wildman–Crippen MR) is 78.5 cm³/mol. The van der Waals surface area contributed by atoms with Crippen molar-refractivity contribution in [1.29, 1.82) is 0 Å². The molecule has 0 aromatic heterocycles. The third-order valence-corrected chi connectivity index (χ3v) is 3.24. The van der Waals surface area contributed by atoms with Gasteiger partial charge >= 0.3 is 0 Å². The Morgan fingerprint density at radius 1 is 1.11 bits per heavy atom. The first-order valence-electron chi connectivity index (χ1n) is 6.78. The van der Waals surface area contributed by atoms with Crippen molar-refractivity contribution in [3.8, 4) is 0 Å². The molecule has 0 aliphatic rings. The summed E-state index contributed by atoms with van der Waals surface area (Å²) in [6.45, 7) is 6.50. The molecule has 2 nitrogen and oxygen atoms in total. The molecule has 0 bridgehead atoms. The molecule has 0 aliphatic carbocycles. The van der Waals surface area contributed by atoms with Crippen LogP contribution in [0.15, 0.2) is 42.5 Å². The molecule has 2 rings (SSSR count). The Balaban J connectivity index is 2.34. The van der Waals surface area contributed by atoms with Crippen LogP contribution in [-0.4, -0.2) is 18.5 Å². The molecule has 2 aromatic carbocycles. The second kappa shape index (κ2) is 5.98. The van der Waals surface area contributed by atoms with Gasteiger partial charge in [-0.05, 0) is 29.7 Å². The highest BCUT2D eigenvalue weighted by molar-refractivity contribution is 6.02. The number of benzene rings is 2. The third-order valence-electron chi connectivity index (χ3n) is 3.24. The topological polar surface area (TPSA) is 26.3 Å². The van der Waals surface area contributed by atoms with Gasteiger partial charge in [-0.2, -0.15) is 0 Å². The van der Waals surface area contributed by atoms with Crippen molar-refractivity contribution >= 4 is 16.6 Å². The standard InChI is InChI=1S/C17H20O2/c1-4-19-17(12(2)3)16(18)15-10-9-13-7-5-6-8-14(13)11-15/h5-12,17H,4H2,1-3H3. The Kier molecular flexibility index (Phi) is 4.33. The normalized spacial score (nSPS) is 12.8. The first kappa shape index (κ1) is 13.8. The molecule has 2 heteroatoms. The second-order valence-corrected chi connectivity index (χ2v) is 5.05. The summed E-state index contributed by atoms with van der Waals surface area (Å²) in [6.07, 6.45) is -0.355. The highest BCUT2D eigenvalue weighted by atomic mass is 16.5. The van der Waals surface area contributed by atoms with E-state index < -0.39 is 0 Å². The molecule has 0 N–H and O–H groups in total. The smallest absolute Gasteiger partial charge is 0.191 e. The van der Waals surface area contributed by atoms with Crippen molar-refractivity contribution in [3.63, 3.8) is 0 Å². The molecule has 0 radical (unpaired) electrons. The van der Waals surface area contributed by atoms with E-state index in [9.17, 15) is 4.79 Å². The largest absolute Gasteiger partial charge is 0.370 e. The van der Waals surface area contributed by atoms with Gasteiger partial charge in [0.25, 0.3) is 0 Å². The van der Waals surface area contributed by atoms with Crippen LogP contribution in [0.4, 0.5) is 0 Å². The molecule has 0 amide bonds. The SMILES string of the molecule is CCOC(C(=O)c1ccc2ccccc2c1)C(C)C. The molecular formula is C17H20O2. The molecular weight excluding hydrogens is 236 g/mol. The van der Waals surface area contributed by atoms with E-state index in [2.05, 4.69) is 0 Å². The summed E-state index contributed by atoms with van der Waals surface area (Å²) < 4.78 is 5.58. The Hall–Kier alpha value is -1.67. The van der Waals surface area contributed by atoms with Gasteiger partial charge in [-0.25, -0.2) is 0 Å². The van der Waals surface area contributed by atoms with Crippen LogP contribution < -0.4 is 0 Å². The summed E-state index contributed by atoms with van der Waals surface area (Å²) in [5.41, 5.74) is 0.728. The zero-order valence-electron chi connectivity index (χ0n) is 11.7. The fourth-order valence-corrected chi connectivity index (χ4v) is 2.26. The van der Waals surface area contributed by atoms with Crippen LogP contribution in [0.1, 0.15) is 31.1 Å². The van der Waals surface area contributed by atoms with Crippen molar-refractivity contribution in [2.45, 2.75) is 26.9 Å². The fourth-order valence-electron chi connectivity index (χ4n) is 2.26. The number of ketones is 1. The van der Waals surface area contributed by atoms with E-state index in [0.29, 0.717) is 6.61 Å². The van der Waals surface area contributed by atoms with Crippen molar-refractivity contribution < 1.29 is 9.53 Å². The van der Waals surface area contributed by atoms with E-state index in [-0.39, 0.29) is 17.8 Å². The molecule has 2 aromatic rings. The average Bonchev–Trinajstić information content (AvgIpc) is 2.43. The van der Waals surface area contributed by atoms with E-state index >= 15 is 0 Å². The maximum Gasteiger partial charge on any atom is 0.191 e. The number of hydrogen-bond donors (Lipinski definition) is 0. The van der Waals surface area contributed by atoms with Crippen LogP contribution in [0, 0.1) is 5.92 Å². The van der Waals surface area contributed by atoms with Crippen LogP contribution in [0.25, 0.3) is 10.8 Å². The third kappa shape index (κ3) is 3.02. The van der Waals surface area contributed by atoms with E-state index in [1.54, 1.807) is 0 Å². The van der Waals surface area contributed by atoms with Crippen LogP contribution in [0.5, 0.6) is 0 Å². The van der Waals surface area contributed by atoms with E-state index in [4.69, 9.17) is 4.74 Å². The number of Topliss-reactive ketones (excluding diaryl/α,β-unsaturated/α-hetero) is 1. The van der Waals surface area contributed by atoms with Gasteiger partial charge in [0.05, 0.1) is 0 Å². The van der Waals surface area contributed by atoms with Gasteiger partial charge in [-0.3, -0.25) is 4.79 Å². The zero-order chi connectivity index (χ0) is 13.8. The predicted octanol–water partition coefficient (Wildman–Crippen LogP) is 4.08. The van der Waals surface area contributed by atoms with Gasteiger partial charge in [0.2, 0.25) is 0 Å². The number of ether oxygens (including phenoxy) is 1. The molecule has 0 heterocycles. The first-order valence-corrected chi connectivity index (χ1v) is 6.78. The van der Waals surface area contributed by atoms with Crippen molar-refractivity contribution in [3.05, 3.63) is 48.0 Å². The number of carbonyl (C=O) groups excluding carboxylic acids is 1. The van der Waals surface area contributed by atoms with Gasteiger partial charge in [-0.15, -0.1) is 0 Å². The van der Waals surface area contributed by atoms with Crippen LogP contribution in [0.3, 0.4) is 0 Å². The summed E-state index contributed by atoms with van der Waals surface area (Å²) in [4.78, 5) is 12.5. The Morgan fingerprint density at radius 2 is 1.79 bits per heavy atom. The molecule has 0 saturated carbocycles. The van der Waals surface area contributed by atoms with Gasteiger partial charge in [-0.1, -0.05) is 50.2 Å². The quantitative estimate of drug-likeness (QED) is 0.753. The number of fused-ring (bicyclic) bond motifs is 1. The summed E-state index contributed by atoms with van der Waals surface area (Å²) in [5, 5.41) is 2.24. The summed E-state index contributed by atoms with van der Waals surface area (Å²) >= 11 is 0. The molecule has 100 valence electrons. The van der Waals surface area contributed by atoms with Crippen LogP contribution >= 0.6 is 0 Å². The highest BCUT2D eigenvalue weighted by Crippen LogP contribution is 2.19. The van der Waals surface area contributed by atoms with Gasteiger partial charge in [0.1, 0.15) is 6.10 Å². The molecule has 0 fully saturated rings. The molecule has 19 heavy (non-hydrogen) atoms. The lowest BCUT2D eigenvalue weighted by molar-refractivity contribution is 0.0280. The summed E-state index contributed by atoms with van der Waals surface area (Å²) in [5.74, 6) is 0.251. The van der Waals surface area contributed by atoms with Gasteiger partial charge in [0.15, 0.2) is 5.78 Å². The lowest BCUT2D eigenvalue weighted by Gasteiger charge is -2.19. The molecule has 0 spiro atoms. The van der Waals surface area contributed by atoms with Crippen LogP contribution in [0.2, 0.25) is 0 Å². The van der Waals surface area contributed by atoms with Crippen molar-refractivity contribution in [2.24, 2.45) is 5.92 Å². The van der Waals surface area contributed by atoms with Gasteiger partial charge < -0.3 is 4.74 Å². The van der Waals surface area contributed by atoms with E-state index in [1.165, 1.54) is 0 Å². The summed E-state index contributed by atoms with van der Waals surface area (Å²) in [6, 6.07) is 13.9. The summed E-state index contributed by atoms with van der Waals surface area (Å²) in [7, 11) is 0. The fraction of sp³-hybridized carbons (Fsp3) is 0.353. The van der Waals surface area contributed by atoms with Crippen molar-refractivity contribution in [1.82, 2.24) is 0 Å². The van der Waals surface area contributed by atoms with E-state index in [1.807, 2.05) is 63.2 Å². The highest BCUT2D eigenvalue weighted by Gasteiger charge is 2.23. The minimum Gasteiger partial charge on any atom is -0.370 e. The minimum absolute atomic E-state index is 0.0719. The maximum absolute atomic E-state index is 12.5. The zero-order valence-corrected chi connectivity index (χ0v) is 11.7. The minimum atomic E-state index is -0.355. The molecule has 0 saturated heterocycles. The lowest BCUT2D eigenvalue weighted by Crippen LogP contribution is -2.29. The average molecular weight is 256 g/mol. The monoisotopic (exact) mass is 256 g/mol. The number of rotatable bonds is 5. The molecule has 0 aliphatic heterocycles. The van der Waals surface area contributed by atoms with Gasteiger partial charge in [0, 0.05) is 12.2 Å². The Bertz CT molecular complexity index is 572. The van der Waals surface area contributed by atoms with E-state index in [0.717, 1.165) is 16.3 Å². The molecule has 1 unspecified atom stereocenters. The number of hydrogen-bond acceptors (Lipinski definition) is 2. The first-order chi connectivity index (χ1) is 9.13. The van der Waals surface area contributed by atoms with Crippen molar-refractivity contribution in [2.75, 3.05) is 6.61 Å². The lowest BCUT2D eigenvalue weighted by atomic mass is 9.96. The Morgan fingerprint density at radius 3 is 2.42 bits per heavy atom. The second-order valence-electron chi connectivity index (χ2n) is 5.05. The van der Waals surface area contributed by atoms with Crippen LogP contribution in [-0.2, 0) is 4.74 Å². The number of carbonyl (C=O) groups is 1.